The highest BCUT2D eigenvalue weighted by Gasteiger charge is 2.09. The molecule has 0 aliphatic rings. The minimum atomic E-state index is -0.0725. The molecule has 2 aromatic heterocycles. The van der Waals surface area contributed by atoms with Gasteiger partial charge in [0.1, 0.15) is 0 Å². The Labute approximate surface area is 107 Å². The van der Waals surface area contributed by atoms with Crippen LogP contribution in [0.1, 0.15) is 17.4 Å². The number of aromatic nitrogens is 2. The highest BCUT2D eigenvalue weighted by Crippen LogP contribution is 2.15. The third-order valence-electron chi connectivity index (χ3n) is 2.70. The van der Waals surface area contributed by atoms with E-state index >= 15 is 0 Å². The van der Waals surface area contributed by atoms with Crippen LogP contribution in [0, 0.1) is 0 Å². The summed E-state index contributed by atoms with van der Waals surface area (Å²) in [7, 11) is 0. The summed E-state index contributed by atoms with van der Waals surface area (Å²) in [6.07, 6.45) is 6.01. The summed E-state index contributed by atoms with van der Waals surface area (Å²) in [4.78, 5) is 8.24. The van der Waals surface area contributed by atoms with Crippen molar-refractivity contribution in [3.63, 3.8) is 0 Å². The van der Waals surface area contributed by atoms with Crippen molar-refractivity contribution >= 4 is 0 Å². The summed E-state index contributed by atoms with van der Waals surface area (Å²) in [6.45, 7) is 1.08. The van der Waals surface area contributed by atoms with Gasteiger partial charge in [-0.3, -0.25) is 9.97 Å². The minimum absolute atomic E-state index is 0.0725. The molecule has 4 heteroatoms. The molecule has 2 heterocycles. The molecule has 0 radical (unpaired) electrons. The van der Waals surface area contributed by atoms with E-state index in [2.05, 4.69) is 9.97 Å². The quantitative estimate of drug-likeness (QED) is 0.839. The van der Waals surface area contributed by atoms with Gasteiger partial charge in [0, 0.05) is 37.3 Å². The van der Waals surface area contributed by atoms with Crippen LogP contribution in [0.25, 0.3) is 0 Å². The molecule has 4 nitrogen and oxygen atoms in total. The van der Waals surface area contributed by atoms with Crippen LogP contribution >= 0.6 is 0 Å². The molecule has 0 spiro atoms. The third kappa shape index (κ3) is 3.61. The Morgan fingerprint density at radius 1 is 1.11 bits per heavy atom. The normalized spacial score (nSPS) is 12.3. The molecule has 2 aromatic rings. The number of hydrogen-bond acceptors (Lipinski definition) is 4. The molecule has 1 unspecified atom stereocenters. The number of ether oxygens (including phenoxy) is 1. The number of hydrogen-bond donors (Lipinski definition) is 1. The summed E-state index contributed by atoms with van der Waals surface area (Å²) in [5.74, 6) is 0. The minimum Gasteiger partial charge on any atom is -0.372 e. The molecule has 94 valence electrons. The Bertz CT molecular complexity index is 447. The van der Waals surface area contributed by atoms with Gasteiger partial charge in [-0.05, 0) is 29.8 Å². The smallest absolute Gasteiger partial charge is 0.0948 e. The molecule has 2 rings (SSSR count). The Morgan fingerprint density at radius 2 is 1.94 bits per heavy atom. The van der Waals surface area contributed by atoms with Gasteiger partial charge >= 0.3 is 0 Å². The maximum atomic E-state index is 5.79. The lowest BCUT2D eigenvalue weighted by Gasteiger charge is -2.15. The van der Waals surface area contributed by atoms with Crippen LogP contribution in [-0.2, 0) is 11.2 Å². The molecule has 1 atom stereocenters. The van der Waals surface area contributed by atoms with Crippen LogP contribution in [0.2, 0.25) is 0 Å². The zero-order valence-corrected chi connectivity index (χ0v) is 10.2. The van der Waals surface area contributed by atoms with Crippen molar-refractivity contribution in [1.82, 2.24) is 9.97 Å². The van der Waals surface area contributed by atoms with Crippen LogP contribution in [0.15, 0.2) is 48.9 Å². The number of nitrogens with zero attached hydrogens (tertiary/aromatic N) is 2. The van der Waals surface area contributed by atoms with Crippen molar-refractivity contribution in [3.05, 3.63) is 60.2 Å². The molecular formula is C14H17N3O. The predicted molar refractivity (Wildman–Crippen MR) is 69.9 cm³/mol. The van der Waals surface area contributed by atoms with Gasteiger partial charge in [0.25, 0.3) is 0 Å². The van der Waals surface area contributed by atoms with Gasteiger partial charge in [-0.2, -0.15) is 0 Å². The largest absolute Gasteiger partial charge is 0.372 e. The lowest BCUT2D eigenvalue weighted by molar-refractivity contribution is 0.0604. The maximum absolute atomic E-state index is 5.79. The molecule has 2 N–H and O–H groups in total. The lowest BCUT2D eigenvalue weighted by Crippen LogP contribution is -2.17. The monoisotopic (exact) mass is 243 g/mol. The second-order valence-corrected chi connectivity index (χ2v) is 3.95. The summed E-state index contributed by atoms with van der Waals surface area (Å²) in [5.41, 5.74) is 7.82. The van der Waals surface area contributed by atoms with E-state index in [1.165, 1.54) is 0 Å². The number of rotatable bonds is 6. The predicted octanol–water partition coefficient (Wildman–Crippen LogP) is 1.74. The first-order valence-corrected chi connectivity index (χ1v) is 6.01. The van der Waals surface area contributed by atoms with Gasteiger partial charge in [-0.25, -0.2) is 0 Å². The van der Waals surface area contributed by atoms with Crippen molar-refractivity contribution in [1.29, 1.82) is 0 Å². The lowest BCUT2D eigenvalue weighted by atomic mass is 10.1. The molecule has 0 aromatic carbocycles. The van der Waals surface area contributed by atoms with E-state index in [-0.39, 0.29) is 6.10 Å². The van der Waals surface area contributed by atoms with Crippen LogP contribution < -0.4 is 5.73 Å². The van der Waals surface area contributed by atoms with E-state index in [4.69, 9.17) is 10.5 Å². The van der Waals surface area contributed by atoms with Gasteiger partial charge in [0.2, 0.25) is 0 Å². The SMILES string of the molecule is NCC(OCCc1ccccn1)c1ccncc1. The van der Waals surface area contributed by atoms with E-state index in [1.54, 1.807) is 18.6 Å². The molecule has 0 aliphatic carbocycles. The van der Waals surface area contributed by atoms with Crippen molar-refractivity contribution < 1.29 is 4.74 Å². The first-order chi connectivity index (χ1) is 8.90. The van der Waals surface area contributed by atoms with Gasteiger partial charge < -0.3 is 10.5 Å². The van der Waals surface area contributed by atoms with Crippen molar-refractivity contribution in [2.24, 2.45) is 5.73 Å². The van der Waals surface area contributed by atoms with Crippen LogP contribution in [0.3, 0.4) is 0 Å². The van der Waals surface area contributed by atoms with Crippen LogP contribution in [0.5, 0.6) is 0 Å². The Morgan fingerprint density at radius 3 is 2.61 bits per heavy atom. The Kier molecular flexibility index (Phi) is 4.81. The summed E-state index contributed by atoms with van der Waals surface area (Å²) >= 11 is 0. The fourth-order valence-electron chi connectivity index (χ4n) is 1.73. The van der Waals surface area contributed by atoms with Crippen molar-refractivity contribution in [3.8, 4) is 0 Å². The first-order valence-electron chi connectivity index (χ1n) is 6.01. The Hall–Kier alpha value is -1.78. The van der Waals surface area contributed by atoms with E-state index in [0.29, 0.717) is 13.2 Å². The van der Waals surface area contributed by atoms with Crippen molar-refractivity contribution in [2.45, 2.75) is 12.5 Å². The molecular weight excluding hydrogens is 226 g/mol. The summed E-state index contributed by atoms with van der Waals surface area (Å²) in [6, 6.07) is 9.74. The third-order valence-corrected chi connectivity index (χ3v) is 2.70. The van der Waals surface area contributed by atoms with Gasteiger partial charge in [-0.1, -0.05) is 6.07 Å². The van der Waals surface area contributed by atoms with Crippen LogP contribution in [-0.4, -0.2) is 23.1 Å². The second kappa shape index (κ2) is 6.83. The van der Waals surface area contributed by atoms with E-state index in [0.717, 1.165) is 17.7 Å². The fraction of sp³-hybridized carbons (Fsp3) is 0.286. The zero-order valence-electron chi connectivity index (χ0n) is 10.2. The standard InChI is InChI=1S/C14H17N3O/c15-11-14(12-4-8-16-9-5-12)18-10-6-13-3-1-2-7-17-13/h1-5,7-9,14H,6,10-11,15H2. The highest BCUT2D eigenvalue weighted by atomic mass is 16.5. The average molecular weight is 243 g/mol. The molecule has 18 heavy (non-hydrogen) atoms. The van der Waals surface area contributed by atoms with E-state index < -0.39 is 0 Å². The summed E-state index contributed by atoms with van der Waals surface area (Å²) < 4.78 is 5.79. The molecule has 0 amide bonds. The van der Waals surface area contributed by atoms with E-state index in [9.17, 15) is 0 Å². The molecule has 0 fully saturated rings. The maximum Gasteiger partial charge on any atom is 0.0948 e. The van der Waals surface area contributed by atoms with Gasteiger partial charge in [0.15, 0.2) is 0 Å². The molecule has 0 saturated carbocycles. The van der Waals surface area contributed by atoms with Crippen LogP contribution in [0.4, 0.5) is 0 Å². The average Bonchev–Trinajstić information content (AvgIpc) is 2.46. The molecule has 0 aliphatic heterocycles. The number of nitrogens with two attached hydrogens (primary N) is 1. The number of pyridine rings is 2. The zero-order chi connectivity index (χ0) is 12.6. The topological polar surface area (TPSA) is 61.0 Å². The van der Waals surface area contributed by atoms with Gasteiger partial charge in [-0.15, -0.1) is 0 Å². The second-order valence-electron chi connectivity index (χ2n) is 3.95. The Balaban J connectivity index is 1.85. The first kappa shape index (κ1) is 12.7. The van der Waals surface area contributed by atoms with Gasteiger partial charge in [0.05, 0.1) is 12.7 Å². The highest BCUT2D eigenvalue weighted by molar-refractivity contribution is 5.13. The van der Waals surface area contributed by atoms with Crippen molar-refractivity contribution in [2.75, 3.05) is 13.2 Å². The molecule has 0 saturated heterocycles. The van der Waals surface area contributed by atoms with E-state index in [1.807, 2.05) is 30.3 Å². The molecule has 0 bridgehead atoms. The fourth-order valence-corrected chi connectivity index (χ4v) is 1.73. The summed E-state index contributed by atoms with van der Waals surface area (Å²) in [5, 5.41) is 0.